The van der Waals surface area contributed by atoms with Gasteiger partial charge in [-0.25, -0.2) is 4.79 Å². The molecule has 0 radical (unpaired) electrons. The lowest BCUT2D eigenvalue weighted by molar-refractivity contribution is -0.142. The fraction of sp³-hybridized carbons (Fsp3) is 0.833. The maximum Gasteiger partial charge on any atom is 0.326 e. The Hall–Kier alpha value is -1.10. The van der Waals surface area contributed by atoms with E-state index in [2.05, 4.69) is 10.6 Å². The first-order chi connectivity index (χ1) is 8.08. The molecule has 2 fully saturated rings. The summed E-state index contributed by atoms with van der Waals surface area (Å²) in [5.74, 6) is -0.337. The van der Waals surface area contributed by atoms with E-state index in [-0.39, 0.29) is 17.7 Å². The van der Waals surface area contributed by atoms with Gasteiger partial charge < -0.3 is 15.7 Å². The molecular weight excluding hydrogens is 220 g/mol. The molecule has 0 aromatic rings. The first kappa shape index (κ1) is 12.4. The third kappa shape index (κ3) is 3.19. The minimum atomic E-state index is -0.913. The lowest BCUT2D eigenvalue weighted by Gasteiger charge is -2.19. The van der Waals surface area contributed by atoms with Crippen LogP contribution >= 0.6 is 0 Å². The van der Waals surface area contributed by atoms with Crippen LogP contribution in [0, 0.1) is 17.8 Å². The smallest absolute Gasteiger partial charge is 0.326 e. The van der Waals surface area contributed by atoms with E-state index in [0.717, 1.165) is 19.4 Å². The molecule has 2 aliphatic rings. The van der Waals surface area contributed by atoms with Gasteiger partial charge in [-0.1, -0.05) is 19.8 Å². The molecule has 2 rings (SSSR count). The van der Waals surface area contributed by atoms with E-state index in [9.17, 15) is 9.59 Å². The third-order valence-corrected chi connectivity index (χ3v) is 3.73. The van der Waals surface area contributed by atoms with E-state index in [1.54, 1.807) is 0 Å². The van der Waals surface area contributed by atoms with Gasteiger partial charge in [-0.3, -0.25) is 4.79 Å². The summed E-state index contributed by atoms with van der Waals surface area (Å²) in [5.41, 5.74) is 0. The fourth-order valence-corrected chi connectivity index (χ4v) is 2.35. The highest BCUT2D eigenvalue weighted by atomic mass is 16.4. The second kappa shape index (κ2) is 5.04. The molecule has 1 amide bonds. The number of carbonyl (C=O) groups is 2. The van der Waals surface area contributed by atoms with Crippen LogP contribution < -0.4 is 10.6 Å². The highest BCUT2D eigenvalue weighted by Gasteiger charge is 2.34. The van der Waals surface area contributed by atoms with Gasteiger partial charge in [-0.05, 0) is 24.8 Å². The molecule has 5 heteroatoms. The molecule has 1 unspecified atom stereocenters. The van der Waals surface area contributed by atoms with E-state index in [0.29, 0.717) is 18.9 Å². The molecule has 3 atom stereocenters. The molecule has 1 saturated carbocycles. The van der Waals surface area contributed by atoms with Gasteiger partial charge in [-0.2, -0.15) is 0 Å². The van der Waals surface area contributed by atoms with Crippen molar-refractivity contribution in [2.75, 3.05) is 13.1 Å². The van der Waals surface area contributed by atoms with Gasteiger partial charge in [-0.15, -0.1) is 0 Å². The van der Waals surface area contributed by atoms with E-state index in [1.165, 1.54) is 0 Å². The van der Waals surface area contributed by atoms with Crippen LogP contribution in [-0.4, -0.2) is 36.1 Å². The standard InChI is InChI=1S/C12H20N2O3/c1-7-5-13-6-9(7)11(15)14-10(12(16)17)4-8-2-3-8/h7-10,13H,2-6H2,1H3,(H,14,15)(H,16,17)/t7-,9-,10?/m1/s1. The zero-order chi connectivity index (χ0) is 12.4. The Labute approximate surface area is 101 Å². The molecule has 0 spiro atoms. The van der Waals surface area contributed by atoms with E-state index in [1.807, 2.05) is 6.92 Å². The number of nitrogens with one attached hydrogen (secondary N) is 2. The number of rotatable bonds is 5. The van der Waals surface area contributed by atoms with Crippen molar-refractivity contribution in [2.24, 2.45) is 17.8 Å². The molecule has 0 aromatic carbocycles. The average molecular weight is 240 g/mol. The minimum absolute atomic E-state index is 0.0870. The molecule has 0 aromatic heterocycles. The van der Waals surface area contributed by atoms with Gasteiger partial charge in [0.15, 0.2) is 0 Å². The maximum atomic E-state index is 12.0. The average Bonchev–Trinajstić information content (AvgIpc) is 2.97. The SMILES string of the molecule is C[C@@H]1CNC[C@H]1C(=O)NC(CC1CC1)C(=O)O. The van der Waals surface area contributed by atoms with Crippen LogP contribution in [0.4, 0.5) is 0 Å². The second-order valence-electron chi connectivity index (χ2n) is 5.32. The van der Waals surface area contributed by atoms with Crippen LogP contribution in [0.1, 0.15) is 26.2 Å². The Morgan fingerprint density at radius 1 is 1.41 bits per heavy atom. The Bertz CT molecular complexity index is 315. The van der Waals surface area contributed by atoms with Crippen molar-refractivity contribution >= 4 is 11.9 Å². The molecular formula is C12H20N2O3. The molecule has 1 saturated heterocycles. The molecule has 17 heavy (non-hydrogen) atoms. The van der Waals surface area contributed by atoms with Crippen molar-refractivity contribution in [3.8, 4) is 0 Å². The summed E-state index contributed by atoms with van der Waals surface area (Å²) in [6.07, 6.45) is 2.78. The fourth-order valence-electron chi connectivity index (χ4n) is 2.35. The molecule has 3 N–H and O–H groups in total. The van der Waals surface area contributed by atoms with Gasteiger partial charge in [0.2, 0.25) is 5.91 Å². The lowest BCUT2D eigenvalue weighted by Crippen LogP contribution is -2.45. The van der Waals surface area contributed by atoms with Crippen LogP contribution in [-0.2, 0) is 9.59 Å². The predicted octanol–water partition coefficient (Wildman–Crippen LogP) is 0.211. The summed E-state index contributed by atoms with van der Waals surface area (Å²) in [4.78, 5) is 23.0. The van der Waals surface area contributed by atoms with Crippen LogP contribution in [0.5, 0.6) is 0 Å². The van der Waals surface area contributed by atoms with Crippen LogP contribution in [0.3, 0.4) is 0 Å². The topological polar surface area (TPSA) is 78.4 Å². The van der Waals surface area contributed by atoms with Gasteiger partial charge >= 0.3 is 5.97 Å². The van der Waals surface area contributed by atoms with Gasteiger partial charge in [0.25, 0.3) is 0 Å². The predicted molar refractivity (Wildman–Crippen MR) is 62.4 cm³/mol. The number of amides is 1. The molecule has 5 nitrogen and oxygen atoms in total. The first-order valence-corrected chi connectivity index (χ1v) is 6.32. The second-order valence-corrected chi connectivity index (χ2v) is 5.32. The summed E-state index contributed by atoms with van der Waals surface area (Å²) in [5, 5.41) is 14.9. The molecule has 1 aliphatic carbocycles. The van der Waals surface area contributed by atoms with Crippen molar-refractivity contribution in [3.05, 3.63) is 0 Å². The number of carboxylic acids is 1. The van der Waals surface area contributed by atoms with E-state index < -0.39 is 12.0 Å². The zero-order valence-electron chi connectivity index (χ0n) is 10.1. The number of carbonyl (C=O) groups excluding carboxylic acids is 1. The van der Waals surface area contributed by atoms with Crippen LogP contribution in [0.25, 0.3) is 0 Å². The van der Waals surface area contributed by atoms with Crippen LogP contribution in [0.2, 0.25) is 0 Å². The maximum absolute atomic E-state index is 12.0. The first-order valence-electron chi connectivity index (χ1n) is 6.32. The lowest BCUT2D eigenvalue weighted by atomic mass is 9.96. The summed E-state index contributed by atoms with van der Waals surface area (Å²) < 4.78 is 0. The van der Waals surface area contributed by atoms with Crippen molar-refractivity contribution in [1.29, 1.82) is 0 Å². The summed E-state index contributed by atoms with van der Waals surface area (Å²) in [7, 11) is 0. The normalized spacial score (nSPS) is 29.9. The third-order valence-electron chi connectivity index (χ3n) is 3.73. The quantitative estimate of drug-likeness (QED) is 0.642. The molecule has 1 aliphatic heterocycles. The Morgan fingerprint density at radius 3 is 2.59 bits per heavy atom. The Balaban J connectivity index is 1.87. The largest absolute Gasteiger partial charge is 0.480 e. The van der Waals surface area contributed by atoms with E-state index >= 15 is 0 Å². The molecule has 0 bridgehead atoms. The van der Waals surface area contributed by atoms with Crippen LogP contribution in [0.15, 0.2) is 0 Å². The van der Waals surface area contributed by atoms with Crippen molar-refractivity contribution in [2.45, 2.75) is 32.2 Å². The Kier molecular flexibility index (Phi) is 3.66. The number of hydrogen-bond acceptors (Lipinski definition) is 3. The van der Waals surface area contributed by atoms with Crippen molar-refractivity contribution in [3.63, 3.8) is 0 Å². The summed E-state index contributed by atoms with van der Waals surface area (Å²) in [6, 6.07) is -0.706. The number of hydrogen-bond donors (Lipinski definition) is 3. The highest BCUT2D eigenvalue weighted by Crippen LogP contribution is 2.33. The number of carboxylic acid groups (broad SMARTS) is 1. The zero-order valence-corrected chi connectivity index (χ0v) is 10.1. The van der Waals surface area contributed by atoms with Gasteiger partial charge in [0.1, 0.15) is 6.04 Å². The minimum Gasteiger partial charge on any atom is -0.480 e. The molecule has 96 valence electrons. The van der Waals surface area contributed by atoms with Crippen molar-refractivity contribution in [1.82, 2.24) is 10.6 Å². The molecule has 1 heterocycles. The Morgan fingerprint density at radius 2 is 2.12 bits per heavy atom. The number of aliphatic carboxylic acids is 1. The van der Waals surface area contributed by atoms with Gasteiger partial charge in [0, 0.05) is 6.54 Å². The monoisotopic (exact) mass is 240 g/mol. The summed E-state index contributed by atoms with van der Waals surface area (Å²) in [6.45, 7) is 3.50. The van der Waals surface area contributed by atoms with Gasteiger partial charge in [0.05, 0.1) is 5.92 Å². The van der Waals surface area contributed by atoms with E-state index in [4.69, 9.17) is 5.11 Å². The highest BCUT2D eigenvalue weighted by molar-refractivity contribution is 5.85. The summed E-state index contributed by atoms with van der Waals surface area (Å²) >= 11 is 0. The van der Waals surface area contributed by atoms with Crippen molar-refractivity contribution < 1.29 is 14.7 Å².